The lowest BCUT2D eigenvalue weighted by Gasteiger charge is -2.20. The Kier molecular flexibility index (Phi) is 4.17. The predicted molar refractivity (Wildman–Crippen MR) is 116 cm³/mol. The molecule has 0 bridgehead atoms. The van der Waals surface area contributed by atoms with Gasteiger partial charge in [0.15, 0.2) is 0 Å². The number of aromatic nitrogens is 1. The van der Waals surface area contributed by atoms with Crippen molar-refractivity contribution >= 4 is 28.2 Å². The predicted octanol–water partition coefficient (Wildman–Crippen LogP) is 7.33. The van der Waals surface area contributed by atoms with Crippen molar-refractivity contribution in [1.82, 2.24) is 4.57 Å². The van der Waals surface area contributed by atoms with Crippen LogP contribution in [0.5, 0.6) is 0 Å². The van der Waals surface area contributed by atoms with Crippen LogP contribution >= 0.6 is 0 Å². The fraction of sp³-hybridized carbons (Fsp3) is 0.0769. The van der Waals surface area contributed by atoms with Gasteiger partial charge in [-0.25, -0.2) is 0 Å². The zero-order valence-corrected chi connectivity index (χ0v) is 16.2. The second-order valence-corrected chi connectivity index (χ2v) is 7.48. The second kappa shape index (κ2) is 6.77. The summed E-state index contributed by atoms with van der Waals surface area (Å²) in [5, 5.41) is 0.978. The number of allylic oxidation sites excluding steroid dienone is 2. The first-order valence-corrected chi connectivity index (χ1v) is 9.70. The molecule has 4 aromatic rings. The van der Waals surface area contributed by atoms with Crippen molar-refractivity contribution in [2.45, 2.75) is 13.1 Å². The summed E-state index contributed by atoms with van der Waals surface area (Å²) in [5.41, 5.74) is 3.97. The molecule has 0 spiro atoms. The van der Waals surface area contributed by atoms with Crippen molar-refractivity contribution < 1.29 is 13.2 Å². The van der Waals surface area contributed by atoms with Crippen LogP contribution in [0.2, 0.25) is 0 Å². The fourth-order valence-corrected chi connectivity index (χ4v) is 4.10. The molecule has 1 aromatic heterocycles. The van der Waals surface area contributed by atoms with E-state index in [1.165, 1.54) is 6.08 Å². The van der Waals surface area contributed by atoms with Gasteiger partial charge in [0.25, 0.3) is 0 Å². The Morgan fingerprint density at radius 2 is 1.50 bits per heavy atom. The average Bonchev–Trinajstić information content (AvgIpc) is 3.32. The first-order valence-electron chi connectivity index (χ1n) is 9.70. The van der Waals surface area contributed by atoms with E-state index in [1.54, 1.807) is 24.3 Å². The summed E-state index contributed by atoms with van der Waals surface area (Å²) < 4.78 is 44.4. The zero-order valence-electron chi connectivity index (χ0n) is 16.2. The molecule has 1 aliphatic rings. The fourth-order valence-electron chi connectivity index (χ4n) is 4.10. The van der Waals surface area contributed by atoms with Gasteiger partial charge in [0.1, 0.15) is 0 Å². The third-order valence-electron chi connectivity index (χ3n) is 5.51. The van der Waals surface area contributed by atoms with E-state index in [0.29, 0.717) is 16.8 Å². The summed E-state index contributed by atoms with van der Waals surface area (Å²) in [5.74, 6) is 0. The summed E-state index contributed by atoms with van der Waals surface area (Å²) in [6, 6.07) is 24.3. The molecule has 0 fully saturated rings. The van der Waals surface area contributed by atoms with Crippen molar-refractivity contribution in [3.05, 3.63) is 113 Å². The van der Waals surface area contributed by atoms with Crippen molar-refractivity contribution in [1.29, 1.82) is 0 Å². The molecule has 148 valence electrons. The van der Waals surface area contributed by atoms with Crippen LogP contribution in [-0.2, 0) is 0 Å². The highest BCUT2D eigenvalue weighted by Gasteiger charge is 2.41. The number of rotatable bonds is 2. The van der Waals surface area contributed by atoms with E-state index >= 15 is 0 Å². The summed E-state index contributed by atoms with van der Waals surface area (Å²) >= 11 is 0. The molecular weight excluding hydrogens is 383 g/mol. The van der Waals surface area contributed by atoms with Gasteiger partial charge in [-0.1, -0.05) is 72.3 Å². The smallest absolute Gasteiger partial charge is 0.315 e. The van der Waals surface area contributed by atoms with Gasteiger partial charge in [0, 0.05) is 11.8 Å². The monoisotopic (exact) mass is 401 g/mol. The topological polar surface area (TPSA) is 4.93 Å². The average molecular weight is 401 g/mol. The van der Waals surface area contributed by atoms with Crippen LogP contribution in [0.4, 0.5) is 13.2 Å². The van der Waals surface area contributed by atoms with Crippen LogP contribution in [0.25, 0.3) is 28.2 Å². The molecule has 3 aromatic carbocycles. The number of benzene rings is 3. The van der Waals surface area contributed by atoms with E-state index in [4.69, 9.17) is 0 Å². The number of halogens is 3. The van der Waals surface area contributed by atoms with Crippen molar-refractivity contribution in [3.63, 3.8) is 0 Å². The molecule has 0 aliphatic heterocycles. The standard InChI is InChI=1S/C26H18F3N/c1-17-10-12-19(13-11-17)25(30-15-14-18-6-3-5-9-23(18)30)24-21-8-4-2-7-20(21)16-22(24)26(27,28)29/h2-16H,1H3/b25-24-. The van der Waals surface area contributed by atoms with Gasteiger partial charge in [0.2, 0.25) is 0 Å². The maximum absolute atomic E-state index is 14.2. The molecule has 0 saturated heterocycles. The molecule has 1 aliphatic carbocycles. The molecule has 0 N–H and O–H groups in total. The molecule has 0 atom stereocenters. The Morgan fingerprint density at radius 1 is 0.800 bits per heavy atom. The highest BCUT2D eigenvalue weighted by atomic mass is 19.4. The summed E-state index contributed by atoms with van der Waals surface area (Å²) in [4.78, 5) is 0. The lowest BCUT2D eigenvalue weighted by Crippen LogP contribution is -2.14. The molecule has 0 saturated carbocycles. The molecule has 0 radical (unpaired) electrons. The van der Waals surface area contributed by atoms with Crippen molar-refractivity contribution in [2.75, 3.05) is 0 Å². The molecular formula is C26H18F3N. The molecule has 0 amide bonds. The van der Waals surface area contributed by atoms with E-state index < -0.39 is 11.7 Å². The van der Waals surface area contributed by atoms with E-state index in [1.807, 2.05) is 72.3 Å². The first-order chi connectivity index (χ1) is 14.4. The SMILES string of the molecule is Cc1ccc(/C(=C2/C(C(F)(F)F)=Cc3ccccc32)n2ccc3ccccc32)cc1. The summed E-state index contributed by atoms with van der Waals surface area (Å²) in [7, 11) is 0. The number of hydrogen-bond acceptors (Lipinski definition) is 0. The minimum atomic E-state index is -4.47. The van der Waals surface area contributed by atoms with Crippen LogP contribution in [-0.4, -0.2) is 10.7 Å². The maximum atomic E-state index is 14.2. The number of alkyl halides is 3. The minimum absolute atomic E-state index is 0.211. The van der Waals surface area contributed by atoms with Crippen LogP contribution in [0.3, 0.4) is 0 Å². The summed E-state index contributed by atoms with van der Waals surface area (Å²) in [6.45, 7) is 1.97. The highest BCUT2D eigenvalue weighted by molar-refractivity contribution is 6.08. The number of nitrogens with zero attached hydrogens (tertiary/aromatic N) is 1. The van der Waals surface area contributed by atoms with Crippen LogP contribution < -0.4 is 0 Å². The van der Waals surface area contributed by atoms with Gasteiger partial charge >= 0.3 is 6.18 Å². The highest BCUT2D eigenvalue weighted by Crippen LogP contribution is 2.48. The number of para-hydroxylation sites is 1. The molecule has 5 rings (SSSR count). The van der Waals surface area contributed by atoms with Gasteiger partial charge in [-0.05, 0) is 47.2 Å². The molecule has 30 heavy (non-hydrogen) atoms. The number of hydrogen-bond donors (Lipinski definition) is 0. The maximum Gasteiger partial charge on any atom is 0.417 e. The molecule has 0 unspecified atom stereocenters. The van der Waals surface area contributed by atoms with Gasteiger partial charge in [-0.15, -0.1) is 0 Å². The Balaban J connectivity index is 1.91. The molecule has 4 heteroatoms. The van der Waals surface area contributed by atoms with Gasteiger partial charge in [0.05, 0.1) is 16.8 Å². The second-order valence-electron chi connectivity index (χ2n) is 7.48. The number of aryl methyl sites for hydroxylation is 1. The van der Waals surface area contributed by atoms with Crippen LogP contribution in [0.1, 0.15) is 22.3 Å². The van der Waals surface area contributed by atoms with Gasteiger partial charge in [-0.2, -0.15) is 13.2 Å². The van der Waals surface area contributed by atoms with E-state index in [2.05, 4.69) is 0 Å². The minimum Gasteiger partial charge on any atom is -0.315 e. The normalized spacial score (nSPS) is 15.3. The Bertz CT molecular complexity index is 1320. The van der Waals surface area contributed by atoms with Gasteiger partial charge < -0.3 is 4.57 Å². The Hall–Kier alpha value is -3.53. The van der Waals surface area contributed by atoms with Crippen LogP contribution in [0, 0.1) is 6.92 Å². The third kappa shape index (κ3) is 2.96. The quantitative estimate of drug-likeness (QED) is 0.331. The Morgan fingerprint density at radius 3 is 2.27 bits per heavy atom. The van der Waals surface area contributed by atoms with Crippen molar-refractivity contribution in [3.8, 4) is 0 Å². The lowest BCUT2D eigenvalue weighted by atomic mass is 9.95. The lowest BCUT2D eigenvalue weighted by molar-refractivity contribution is -0.0859. The molecule has 1 nitrogen and oxygen atoms in total. The Labute approximate surface area is 172 Å². The van der Waals surface area contributed by atoms with Gasteiger partial charge in [-0.3, -0.25) is 0 Å². The van der Waals surface area contributed by atoms with Crippen LogP contribution in [0.15, 0.2) is 90.6 Å². The van der Waals surface area contributed by atoms with E-state index in [0.717, 1.165) is 22.0 Å². The van der Waals surface area contributed by atoms with Crippen molar-refractivity contribution in [2.24, 2.45) is 0 Å². The number of fused-ring (bicyclic) bond motifs is 2. The van der Waals surface area contributed by atoms with E-state index in [9.17, 15) is 13.2 Å². The summed E-state index contributed by atoms with van der Waals surface area (Å²) in [6.07, 6.45) is -1.36. The third-order valence-corrected chi connectivity index (χ3v) is 5.51. The molecule has 1 heterocycles. The first kappa shape index (κ1) is 18.5. The van der Waals surface area contributed by atoms with E-state index in [-0.39, 0.29) is 5.57 Å². The zero-order chi connectivity index (χ0) is 20.9. The largest absolute Gasteiger partial charge is 0.417 e.